The Kier molecular flexibility index (Phi) is 11.3. The molecule has 0 aliphatic rings. The second kappa shape index (κ2) is 12.9. The lowest BCUT2D eigenvalue weighted by molar-refractivity contribution is -0.899. The Morgan fingerprint density at radius 2 is 1.00 bits per heavy atom. The largest absolute Gasteiger partial charge is 0.491 e. The second-order valence-electron chi connectivity index (χ2n) is 6.72. The van der Waals surface area contributed by atoms with E-state index in [1.807, 2.05) is 24.3 Å². The molecule has 0 saturated heterocycles. The van der Waals surface area contributed by atoms with E-state index in [1.54, 1.807) is 0 Å². The molecule has 0 unspecified atom stereocenters. The standard InChI is InChI=1S/C20H36N2O4/c1-5-21(6-2)13-17(23)15-25-19-9-11-20(12-10-19)26-16-18(24)14-22(7-3)8-4/h9-12,17-18,23-24H,5-8,13-16H2,1-4H3/p+2/t17-,18+. The van der Waals surface area contributed by atoms with Gasteiger partial charge in [0.25, 0.3) is 0 Å². The van der Waals surface area contributed by atoms with Crippen LogP contribution in [0.4, 0.5) is 0 Å². The maximum atomic E-state index is 10.1. The summed E-state index contributed by atoms with van der Waals surface area (Å²) < 4.78 is 11.3. The summed E-state index contributed by atoms with van der Waals surface area (Å²) in [6, 6.07) is 7.31. The van der Waals surface area contributed by atoms with Crippen molar-refractivity contribution >= 4 is 0 Å². The Balaban J connectivity index is 2.34. The van der Waals surface area contributed by atoms with Gasteiger partial charge in [-0.1, -0.05) is 0 Å². The molecule has 2 atom stereocenters. The number of benzene rings is 1. The maximum Gasteiger partial charge on any atom is 0.137 e. The van der Waals surface area contributed by atoms with E-state index in [0.717, 1.165) is 26.2 Å². The van der Waals surface area contributed by atoms with Gasteiger partial charge in [0.2, 0.25) is 0 Å². The van der Waals surface area contributed by atoms with E-state index in [4.69, 9.17) is 9.47 Å². The number of aliphatic hydroxyl groups is 2. The molecule has 4 N–H and O–H groups in total. The van der Waals surface area contributed by atoms with Crippen molar-refractivity contribution < 1.29 is 29.5 Å². The van der Waals surface area contributed by atoms with E-state index in [2.05, 4.69) is 27.7 Å². The summed E-state index contributed by atoms with van der Waals surface area (Å²) in [5.41, 5.74) is 0. The van der Waals surface area contributed by atoms with Crippen LogP contribution in [-0.4, -0.2) is 74.9 Å². The van der Waals surface area contributed by atoms with Crippen molar-refractivity contribution in [2.75, 3.05) is 52.5 Å². The molecule has 0 saturated carbocycles. The molecule has 0 spiro atoms. The van der Waals surface area contributed by atoms with Crippen molar-refractivity contribution in [2.45, 2.75) is 39.9 Å². The van der Waals surface area contributed by atoms with Crippen LogP contribution >= 0.6 is 0 Å². The average molecular weight is 371 g/mol. The van der Waals surface area contributed by atoms with Gasteiger partial charge in [-0.15, -0.1) is 0 Å². The van der Waals surface area contributed by atoms with Crippen molar-refractivity contribution in [3.8, 4) is 11.5 Å². The summed E-state index contributed by atoms with van der Waals surface area (Å²) in [5.74, 6) is 1.41. The van der Waals surface area contributed by atoms with E-state index in [9.17, 15) is 10.2 Å². The minimum atomic E-state index is -0.474. The molecule has 150 valence electrons. The number of hydrogen-bond donors (Lipinski definition) is 4. The number of rotatable bonds is 14. The van der Waals surface area contributed by atoms with Crippen LogP contribution < -0.4 is 19.3 Å². The first kappa shape index (κ1) is 22.7. The van der Waals surface area contributed by atoms with E-state index in [0.29, 0.717) is 24.6 Å². The van der Waals surface area contributed by atoms with Gasteiger partial charge >= 0.3 is 0 Å². The number of likely N-dealkylation sites (N-methyl/N-ethyl adjacent to an activating group) is 2. The van der Waals surface area contributed by atoms with Gasteiger partial charge in [-0.2, -0.15) is 0 Å². The molecule has 0 radical (unpaired) electrons. The third-order valence-corrected chi connectivity index (χ3v) is 4.76. The molecule has 1 aromatic rings. The van der Waals surface area contributed by atoms with Gasteiger partial charge in [0, 0.05) is 0 Å². The predicted molar refractivity (Wildman–Crippen MR) is 103 cm³/mol. The first-order valence-electron chi connectivity index (χ1n) is 9.91. The van der Waals surface area contributed by atoms with Crippen molar-refractivity contribution in [3.05, 3.63) is 24.3 Å². The van der Waals surface area contributed by atoms with E-state index >= 15 is 0 Å². The summed E-state index contributed by atoms with van der Waals surface area (Å²) >= 11 is 0. The molecule has 0 fully saturated rings. The smallest absolute Gasteiger partial charge is 0.137 e. The van der Waals surface area contributed by atoms with Gasteiger partial charge < -0.3 is 29.5 Å². The van der Waals surface area contributed by atoms with Crippen molar-refractivity contribution in [1.82, 2.24) is 0 Å². The van der Waals surface area contributed by atoms with Gasteiger partial charge in [-0.25, -0.2) is 0 Å². The SMILES string of the molecule is CC[NH+](CC)C[C@H](O)COc1ccc(OC[C@H](O)C[NH+](CC)CC)cc1. The zero-order chi connectivity index (χ0) is 19.4. The minimum absolute atomic E-state index is 0.287. The lowest BCUT2D eigenvalue weighted by Crippen LogP contribution is -3.12. The number of quaternary nitrogens is 2. The maximum absolute atomic E-state index is 10.1. The van der Waals surface area contributed by atoms with Crippen molar-refractivity contribution in [2.24, 2.45) is 0 Å². The lowest BCUT2D eigenvalue weighted by Gasteiger charge is -2.20. The Labute approximate surface area is 158 Å². The fraction of sp³-hybridized carbons (Fsp3) is 0.700. The highest BCUT2D eigenvalue weighted by atomic mass is 16.5. The number of hydrogen-bond acceptors (Lipinski definition) is 4. The van der Waals surface area contributed by atoms with Crippen LogP contribution in [0.3, 0.4) is 0 Å². The van der Waals surface area contributed by atoms with Crippen LogP contribution in [0.1, 0.15) is 27.7 Å². The number of nitrogens with one attached hydrogen (secondary N) is 2. The summed E-state index contributed by atoms with van der Waals surface area (Å²) in [7, 11) is 0. The molecular formula is C20H38N2O4+2. The predicted octanol–water partition coefficient (Wildman–Crippen LogP) is -0.985. The lowest BCUT2D eigenvalue weighted by atomic mass is 10.3. The second-order valence-corrected chi connectivity index (χ2v) is 6.72. The first-order valence-corrected chi connectivity index (χ1v) is 9.91. The molecule has 0 aromatic heterocycles. The van der Waals surface area contributed by atoms with Crippen LogP contribution in [-0.2, 0) is 0 Å². The first-order chi connectivity index (χ1) is 12.5. The Morgan fingerprint density at radius 1 is 0.692 bits per heavy atom. The molecule has 0 bridgehead atoms. The fourth-order valence-corrected chi connectivity index (χ4v) is 2.88. The molecule has 0 heterocycles. The quantitative estimate of drug-likeness (QED) is 0.340. The molecule has 6 heteroatoms. The fourth-order valence-electron chi connectivity index (χ4n) is 2.88. The van der Waals surface area contributed by atoms with Crippen LogP contribution in [0.25, 0.3) is 0 Å². The number of ether oxygens (including phenoxy) is 2. The van der Waals surface area contributed by atoms with Gasteiger partial charge in [0.05, 0.1) is 26.2 Å². The van der Waals surface area contributed by atoms with Gasteiger partial charge in [0.1, 0.15) is 50.0 Å². The molecule has 1 aromatic carbocycles. The molecule has 1 rings (SSSR count). The zero-order valence-corrected chi connectivity index (χ0v) is 16.8. The highest BCUT2D eigenvalue weighted by molar-refractivity contribution is 5.31. The third-order valence-electron chi connectivity index (χ3n) is 4.76. The normalized spacial score (nSPS) is 13.8. The summed E-state index contributed by atoms with van der Waals surface area (Å²) in [4.78, 5) is 2.71. The van der Waals surface area contributed by atoms with Crippen LogP contribution in [0.15, 0.2) is 24.3 Å². The summed E-state index contributed by atoms with van der Waals surface area (Å²) in [5, 5.41) is 20.1. The van der Waals surface area contributed by atoms with E-state index in [1.165, 1.54) is 9.80 Å². The monoisotopic (exact) mass is 370 g/mol. The third kappa shape index (κ3) is 8.85. The highest BCUT2D eigenvalue weighted by Gasteiger charge is 2.14. The topological polar surface area (TPSA) is 67.8 Å². The van der Waals surface area contributed by atoms with Crippen LogP contribution in [0.2, 0.25) is 0 Å². The van der Waals surface area contributed by atoms with Gasteiger partial charge in [0.15, 0.2) is 0 Å². The van der Waals surface area contributed by atoms with E-state index < -0.39 is 12.2 Å². The van der Waals surface area contributed by atoms with Crippen molar-refractivity contribution in [3.63, 3.8) is 0 Å². The van der Waals surface area contributed by atoms with Crippen LogP contribution in [0.5, 0.6) is 11.5 Å². The molecule has 6 nitrogen and oxygen atoms in total. The number of aliphatic hydroxyl groups excluding tert-OH is 2. The Hall–Kier alpha value is -1.34. The zero-order valence-electron chi connectivity index (χ0n) is 16.8. The Bertz CT molecular complexity index is 418. The van der Waals surface area contributed by atoms with Gasteiger partial charge in [-0.05, 0) is 52.0 Å². The molecule has 0 aliphatic heterocycles. The van der Waals surface area contributed by atoms with Gasteiger partial charge in [-0.3, -0.25) is 0 Å². The minimum Gasteiger partial charge on any atom is -0.491 e. The molecule has 26 heavy (non-hydrogen) atoms. The summed E-state index contributed by atoms with van der Waals surface area (Å²) in [6.07, 6.45) is -0.947. The van der Waals surface area contributed by atoms with Crippen molar-refractivity contribution in [1.29, 1.82) is 0 Å². The Morgan fingerprint density at radius 3 is 1.27 bits per heavy atom. The average Bonchev–Trinajstić information content (AvgIpc) is 2.67. The molecular weight excluding hydrogens is 332 g/mol. The highest BCUT2D eigenvalue weighted by Crippen LogP contribution is 2.17. The molecule has 0 amide bonds. The summed E-state index contributed by atoms with van der Waals surface area (Å²) in [6.45, 7) is 14.4. The van der Waals surface area contributed by atoms with Crippen LogP contribution in [0, 0.1) is 0 Å². The van der Waals surface area contributed by atoms with E-state index in [-0.39, 0.29) is 13.2 Å². The molecule has 0 aliphatic carbocycles.